The monoisotopic (exact) mass is 796 g/mol. The van der Waals surface area contributed by atoms with Crippen molar-refractivity contribution >= 4 is 52.9 Å². The Balaban J connectivity index is 0.825. The summed E-state index contributed by atoms with van der Waals surface area (Å²) in [6.07, 6.45) is 10.9. The predicted octanol–water partition coefficient (Wildman–Crippen LogP) is 3.80. The predicted molar refractivity (Wildman–Crippen MR) is 226 cm³/mol. The maximum atomic E-state index is 13.4. The number of hydrogen-bond acceptors (Lipinski definition) is 11. The number of anilines is 2. The van der Waals surface area contributed by atoms with Gasteiger partial charge in [-0.2, -0.15) is 9.98 Å². The molecule has 9 rings (SSSR count). The minimum Gasteiger partial charge on any atom is -0.512 e. The minimum absolute atomic E-state index is 0.205. The van der Waals surface area contributed by atoms with E-state index < -0.39 is 11.9 Å². The number of amides is 3. The molecule has 14 nitrogen and oxygen atoms in total. The van der Waals surface area contributed by atoms with Crippen molar-refractivity contribution in [1.29, 1.82) is 0 Å². The number of hydrogen-bond donors (Lipinski definition) is 2. The van der Waals surface area contributed by atoms with Crippen LogP contribution in [0.3, 0.4) is 0 Å². The van der Waals surface area contributed by atoms with Crippen LogP contribution in [0.2, 0.25) is 0 Å². The molecule has 0 spiro atoms. The molecule has 1 aromatic heterocycles. The summed E-state index contributed by atoms with van der Waals surface area (Å²) in [4.78, 5) is 65.5. The van der Waals surface area contributed by atoms with Crippen molar-refractivity contribution in [3.8, 4) is 11.4 Å². The van der Waals surface area contributed by atoms with Crippen molar-refractivity contribution in [2.24, 2.45) is 10.9 Å². The summed E-state index contributed by atoms with van der Waals surface area (Å²) in [6, 6.07) is 9.48. The number of piperidine rings is 2. The summed E-state index contributed by atoms with van der Waals surface area (Å²) in [6.45, 7) is 18.9. The number of fused-ring (bicyclic) bond motifs is 2. The van der Waals surface area contributed by atoms with Crippen LogP contribution in [0.4, 0.5) is 17.2 Å². The third-order valence-corrected chi connectivity index (χ3v) is 13.1. The number of carbonyl (C=O) groups excluding carboxylic acids is 3. The first-order valence-electron chi connectivity index (χ1n) is 21.0. The van der Waals surface area contributed by atoms with E-state index in [1.54, 1.807) is 13.1 Å². The molecule has 7 aliphatic rings. The fraction of sp³-hybridized carbons (Fsp3) is 0.444. The van der Waals surface area contributed by atoms with E-state index >= 15 is 0 Å². The Labute approximate surface area is 343 Å². The lowest BCUT2D eigenvalue weighted by molar-refractivity contribution is -0.136. The third-order valence-electron chi connectivity index (χ3n) is 13.1. The molecule has 14 heteroatoms. The van der Waals surface area contributed by atoms with Gasteiger partial charge < -0.3 is 19.5 Å². The molecule has 4 fully saturated rings. The number of pyridine rings is 2. The number of aliphatic hydroxyl groups is 1. The number of piperazine rings is 1. The molecular weight excluding hydrogens is 745 g/mol. The lowest BCUT2D eigenvalue weighted by Crippen LogP contribution is -2.52. The van der Waals surface area contributed by atoms with Crippen molar-refractivity contribution in [3.05, 3.63) is 82.2 Å². The second-order valence-corrected chi connectivity index (χ2v) is 16.8. The van der Waals surface area contributed by atoms with Crippen LogP contribution in [0.1, 0.15) is 85.8 Å². The van der Waals surface area contributed by atoms with E-state index in [9.17, 15) is 19.5 Å². The van der Waals surface area contributed by atoms with Crippen LogP contribution in [0.25, 0.3) is 29.4 Å². The zero-order valence-corrected chi connectivity index (χ0v) is 34.0. The molecule has 1 aromatic carbocycles. The molecule has 1 aliphatic carbocycles. The normalized spacial score (nSPS) is 22.7. The number of benzene rings is 1. The van der Waals surface area contributed by atoms with Crippen LogP contribution in [-0.4, -0.2) is 104 Å². The first-order valence-corrected chi connectivity index (χ1v) is 21.0. The highest BCUT2D eigenvalue weighted by Gasteiger charge is 2.42. The van der Waals surface area contributed by atoms with Crippen molar-refractivity contribution in [2.75, 3.05) is 55.6 Å². The average Bonchev–Trinajstić information content (AvgIpc) is 3.84. The first-order chi connectivity index (χ1) is 28.5. The molecule has 3 amide bonds. The topological polar surface area (TPSA) is 152 Å². The Morgan fingerprint density at radius 2 is 1.66 bits per heavy atom. The van der Waals surface area contributed by atoms with E-state index in [0.717, 1.165) is 122 Å². The van der Waals surface area contributed by atoms with Crippen LogP contribution in [-0.2, 0) is 9.59 Å². The van der Waals surface area contributed by atoms with Gasteiger partial charge in [0.1, 0.15) is 11.9 Å². The quantitative estimate of drug-likeness (QED) is 0.265. The number of nitrogens with one attached hydrogen (secondary N) is 1. The van der Waals surface area contributed by atoms with Crippen molar-refractivity contribution in [3.63, 3.8) is 0 Å². The fourth-order valence-corrected chi connectivity index (χ4v) is 10.0. The number of aromatic nitrogens is 4. The summed E-state index contributed by atoms with van der Waals surface area (Å²) in [5, 5.41) is 14.5. The van der Waals surface area contributed by atoms with E-state index in [4.69, 9.17) is 15.0 Å². The maximum Gasteiger partial charge on any atom is 0.259 e. The first kappa shape index (κ1) is 38.6. The van der Waals surface area contributed by atoms with Gasteiger partial charge in [-0.05, 0) is 87.8 Å². The van der Waals surface area contributed by atoms with Crippen LogP contribution in [0, 0.1) is 12.8 Å². The lowest BCUT2D eigenvalue weighted by Gasteiger charge is -2.40. The van der Waals surface area contributed by atoms with Gasteiger partial charge in [-0.15, -0.1) is 0 Å². The van der Waals surface area contributed by atoms with Gasteiger partial charge in [-0.1, -0.05) is 26.0 Å². The number of imide groups is 1. The van der Waals surface area contributed by atoms with Crippen LogP contribution in [0.15, 0.2) is 54.3 Å². The highest BCUT2D eigenvalue weighted by Crippen LogP contribution is 2.38. The zero-order chi connectivity index (χ0) is 40.9. The van der Waals surface area contributed by atoms with Gasteiger partial charge in [0, 0.05) is 103 Å². The SMILES string of the molecule is C=C1c2cc(N3CCCC(CN4CCN(c5ccc(N=c6ncc7c(C)/c(=C(/C)O)c(=C)n(C8CCCC8)c-7n6)nc5)CC4)C3)ccc2C(=O)N1C1CCC(=O)NC1=O. The molecule has 2 unspecified atom stereocenters. The second-order valence-electron chi connectivity index (χ2n) is 16.8. The van der Waals surface area contributed by atoms with Crippen molar-refractivity contribution in [1.82, 2.24) is 34.6 Å². The highest BCUT2D eigenvalue weighted by molar-refractivity contribution is 6.13. The zero-order valence-electron chi connectivity index (χ0n) is 34.0. The molecule has 59 heavy (non-hydrogen) atoms. The summed E-state index contributed by atoms with van der Waals surface area (Å²) < 4.78 is 2.18. The summed E-state index contributed by atoms with van der Waals surface area (Å²) in [5.41, 5.74) is 6.12. The standard InChI is InChI=1S/C45H52N10O4/c1-27-37-24-47-45(50-42(37)54(32-9-5-6-10-32)29(3)41(27)30(4)56)48-39-15-12-34(23-46-39)52-20-18-51(19-21-52)25-31-8-7-17-53(26-31)33-11-13-35-36(22-33)28(2)55(44(35)59)38-14-16-40(57)49-43(38)58/h11-13,15,22-24,31-32,38,56H,2-3,5-10,14,16-21,25-26H2,1,4H3,(H,49,57,58)/b41-30+,48-45?. The molecule has 2 N–H and O–H groups in total. The molecule has 2 aromatic rings. The van der Waals surface area contributed by atoms with Gasteiger partial charge in [0.25, 0.3) is 11.5 Å². The van der Waals surface area contributed by atoms with Gasteiger partial charge in [0.05, 0.1) is 17.6 Å². The Bertz CT molecular complexity index is 2500. The maximum absolute atomic E-state index is 13.4. The van der Waals surface area contributed by atoms with E-state index in [-0.39, 0.29) is 30.0 Å². The van der Waals surface area contributed by atoms with Gasteiger partial charge >= 0.3 is 0 Å². The number of nitrogens with zero attached hydrogens (tertiary/aromatic N) is 9. The Morgan fingerprint density at radius 3 is 2.39 bits per heavy atom. The third kappa shape index (κ3) is 7.28. The molecule has 3 saturated heterocycles. The molecule has 0 radical (unpaired) electrons. The molecular formula is C45H52N10O4. The molecule has 0 bridgehead atoms. The molecule has 7 heterocycles. The van der Waals surface area contributed by atoms with E-state index in [2.05, 4.69) is 48.8 Å². The number of carbonyl (C=O) groups is 3. The van der Waals surface area contributed by atoms with Crippen LogP contribution < -0.4 is 31.3 Å². The summed E-state index contributed by atoms with van der Waals surface area (Å²) in [7, 11) is 0. The lowest BCUT2D eigenvalue weighted by atomic mass is 9.96. The van der Waals surface area contributed by atoms with Crippen molar-refractivity contribution < 1.29 is 19.5 Å². The van der Waals surface area contributed by atoms with Gasteiger partial charge in [0.15, 0.2) is 5.82 Å². The minimum atomic E-state index is -0.723. The molecule has 6 aliphatic heterocycles. The Morgan fingerprint density at radius 1 is 0.881 bits per heavy atom. The Kier molecular flexibility index (Phi) is 10.3. The van der Waals surface area contributed by atoms with Gasteiger partial charge in [-0.25, -0.2) is 9.97 Å². The summed E-state index contributed by atoms with van der Waals surface area (Å²) >= 11 is 0. The van der Waals surface area contributed by atoms with Crippen LogP contribution in [0.5, 0.6) is 0 Å². The molecule has 1 saturated carbocycles. The second kappa shape index (κ2) is 15.7. The highest BCUT2D eigenvalue weighted by atomic mass is 16.3. The summed E-state index contributed by atoms with van der Waals surface area (Å²) in [5.74, 6) is 1.13. The van der Waals surface area contributed by atoms with E-state index in [0.29, 0.717) is 35.0 Å². The number of rotatable bonds is 7. The Hall–Kier alpha value is -5.89. The average molecular weight is 797 g/mol. The largest absolute Gasteiger partial charge is 0.512 e. The molecule has 306 valence electrons. The van der Waals surface area contributed by atoms with E-state index in [1.165, 1.54) is 11.3 Å². The molecule has 2 atom stereocenters. The fourth-order valence-electron chi connectivity index (χ4n) is 10.0. The number of aliphatic hydroxyl groups excluding tert-OH is 1. The van der Waals surface area contributed by atoms with Crippen molar-refractivity contribution in [2.45, 2.75) is 77.3 Å². The van der Waals surface area contributed by atoms with Gasteiger partial charge in [0.2, 0.25) is 11.8 Å². The van der Waals surface area contributed by atoms with Gasteiger partial charge in [-0.3, -0.25) is 29.5 Å². The van der Waals surface area contributed by atoms with Crippen LogP contribution >= 0.6 is 0 Å². The van der Waals surface area contributed by atoms with E-state index in [1.807, 2.05) is 37.4 Å². The smallest absolute Gasteiger partial charge is 0.259 e.